The molecule has 2 saturated heterocycles. The maximum Gasteiger partial charge on any atom is 0.231 e. The first-order valence-corrected chi connectivity index (χ1v) is 11.0. The summed E-state index contributed by atoms with van der Waals surface area (Å²) in [5, 5.41) is 4.25. The Hall–Kier alpha value is -2.21. The molecule has 29 heavy (non-hydrogen) atoms. The van der Waals surface area contributed by atoms with E-state index in [9.17, 15) is 4.79 Å². The van der Waals surface area contributed by atoms with E-state index in [1.54, 1.807) is 0 Å². The fraction of sp³-hybridized carbons (Fsp3) is 0.609. The highest BCUT2D eigenvalue weighted by Crippen LogP contribution is 2.27. The zero-order chi connectivity index (χ0) is 20.1. The Morgan fingerprint density at radius 3 is 2.72 bits per heavy atom. The van der Waals surface area contributed by atoms with E-state index >= 15 is 0 Å². The number of hydrogen-bond donors (Lipinski definition) is 0. The van der Waals surface area contributed by atoms with Gasteiger partial charge in [-0.25, -0.2) is 0 Å². The summed E-state index contributed by atoms with van der Waals surface area (Å²) in [6, 6.07) is 10.5. The summed E-state index contributed by atoms with van der Waals surface area (Å²) in [6.45, 7) is 3.79. The van der Waals surface area contributed by atoms with Crippen LogP contribution in [0, 0.1) is 5.92 Å². The van der Waals surface area contributed by atoms with Gasteiger partial charge < -0.3 is 14.3 Å². The molecule has 2 aromatic rings. The van der Waals surface area contributed by atoms with Gasteiger partial charge in [-0.3, -0.25) is 4.79 Å². The van der Waals surface area contributed by atoms with Gasteiger partial charge in [0.1, 0.15) is 0 Å². The lowest BCUT2D eigenvalue weighted by Crippen LogP contribution is -2.39. The number of amides is 1. The molecular formula is C23H32N4O2. The minimum atomic E-state index is 0.170. The van der Waals surface area contributed by atoms with Gasteiger partial charge in [0.25, 0.3) is 0 Å². The Bertz CT molecular complexity index is 783. The smallest absolute Gasteiger partial charge is 0.231 e. The predicted octanol–water partition coefficient (Wildman–Crippen LogP) is 3.29. The predicted molar refractivity (Wildman–Crippen MR) is 112 cm³/mol. The SMILES string of the molecule is CN1CCC(Cc2noc([C@H]3CCC(=O)N(CCCc4ccccc4)C3)n2)CC1. The van der Waals surface area contributed by atoms with Crippen LogP contribution in [-0.2, 0) is 17.6 Å². The third kappa shape index (κ3) is 5.44. The molecule has 6 nitrogen and oxygen atoms in total. The first-order valence-electron chi connectivity index (χ1n) is 11.0. The first-order chi connectivity index (χ1) is 14.2. The molecule has 0 bridgehead atoms. The number of likely N-dealkylation sites (tertiary alicyclic amines) is 2. The second-order valence-electron chi connectivity index (χ2n) is 8.66. The molecule has 0 aliphatic carbocycles. The molecule has 0 saturated carbocycles. The average Bonchev–Trinajstić information content (AvgIpc) is 3.20. The number of benzene rings is 1. The van der Waals surface area contributed by atoms with Crippen LogP contribution in [0.4, 0.5) is 0 Å². The van der Waals surface area contributed by atoms with Crippen LogP contribution in [0.15, 0.2) is 34.9 Å². The molecule has 1 aromatic heterocycles. The molecule has 2 aliphatic heterocycles. The number of carbonyl (C=O) groups is 1. The molecule has 156 valence electrons. The van der Waals surface area contributed by atoms with Crippen LogP contribution in [0.2, 0.25) is 0 Å². The summed E-state index contributed by atoms with van der Waals surface area (Å²) >= 11 is 0. The van der Waals surface area contributed by atoms with Gasteiger partial charge in [0.05, 0.1) is 5.92 Å². The van der Waals surface area contributed by atoms with Crippen molar-refractivity contribution in [2.24, 2.45) is 5.92 Å². The molecule has 1 aromatic carbocycles. The van der Waals surface area contributed by atoms with Gasteiger partial charge in [-0.1, -0.05) is 35.5 Å². The van der Waals surface area contributed by atoms with Crippen molar-refractivity contribution in [3.05, 3.63) is 47.6 Å². The van der Waals surface area contributed by atoms with Gasteiger partial charge in [-0.05, 0) is 63.7 Å². The Labute approximate surface area is 173 Å². The third-order valence-corrected chi connectivity index (χ3v) is 6.38. The Morgan fingerprint density at radius 1 is 1.14 bits per heavy atom. The number of aryl methyl sites for hydroxylation is 1. The maximum absolute atomic E-state index is 12.4. The Morgan fingerprint density at radius 2 is 1.93 bits per heavy atom. The van der Waals surface area contributed by atoms with Crippen molar-refractivity contribution in [2.45, 2.75) is 50.9 Å². The van der Waals surface area contributed by atoms with E-state index in [0.29, 0.717) is 24.8 Å². The Balaban J connectivity index is 1.28. The van der Waals surface area contributed by atoms with E-state index in [-0.39, 0.29) is 11.8 Å². The number of rotatable bonds is 7. The third-order valence-electron chi connectivity index (χ3n) is 6.38. The Kier molecular flexibility index (Phi) is 6.60. The van der Waals surface area contributed by atoms with Gasteiger partial charge in [0.15, 0.2) is 5.82 Å². The van der Waals surface area contributed by atoms with Crippen LogP contribution in [0.3, 0.4) is 0 Å². The minimum Gasteiger partial charge on any atom is -0.342 e. The van der Waals surface area contributed by atoms with Crippen molar-refractivity contribution in [2.75, 3.05) is 33.2 Å². The normalized spacial score (nSPS) is 21.6. The van der Waals surface area contributed by atoms with Crippen LogP contribution in [0.1, 0.15) is 55.3 Å². The maximum atomic E-state index is 12.4. The zero-order valence-electron chi connectivity index (χ0n) is 17.4. The van der Waals surface area contributed by atoms with Gasteiger partial charge in [0.2, 0.25) is 11.8 Å². The minimum absolute atomic E-state index is 0.170. The van der Waals surface area contributed by atoms with Crippen LogP contribution in [0.5, 0.6) is 0 Å². The van der Waals surface area contributed by atoms with Crippen molar-refractivity contribution in [3.8, 4) is 0 Å². The number of carbonyl (C=O) groups excluding carboxylic acids is 1. The lowest BCUT2D eigenvalue weighted by Gasteiger charge is -2.31. The summed E-state index contributed by atoms with van der Waals surface area (Å²) in [7, 11) is 2.18. The van der Waals surface area contributed by atoms with Gasteiger partial charge in [-0.15, -0.1) is 0 Å². The average molecular weight is 397 g/mol. The van der Waals surface area contributed by atoms with Crippen LogP contribution >= 0.6 is 0 Å². The molecule has 1 atom stereocenters. The highest BCUT2D eigenvalue weighted by molar-refractivity contribution is 5.77. The summed E-state index contributed by atoms with van der Waals surface area (Å²) in [6.07, 6.45) is 6.67. The summed E-state index contributed by atoms with van der Waals surface area (Å²) in [5.74, 6) is 2.62. The van der Waals surface area contributed by atoms with E-state index in [1.165, 1.54) is 18.4 Å². The molecule has 0 unspecified atom stereocenters. The van der Waals surface area contributed by atoms with E-state index in [1.807, 2.05) is 11.0 Å². The summed E-state index contributed by atoms with van der Waals surface area (Å²) < 4.78 is 5.61. The van der Waals surface area contributed by atoms with Crippen molar-refractivity contribution in [3.63, 3.8) is 0 Å². The fourth-order valence-electron chi connectivity index (χ4n) is 4.49. The standard InChI is InChI=1S/C23H32N4O2/c1-26-14-11-19(12-15-26)16-21-24-23(29-25-21)20-9-10-22(28)27(17-20)13-5-8-18-6-3-2-4-7-18/h2-4,6-7,19-20H,5,8-17H2,1H3/t20-/m0/s1. The van der Waals surface area contributed by atoms with Gasteiger partial charge in [0, 0.05) is 25.9 Å². The topological polar surface area (TPSA) is 62.5 Å². The van der Waals surface area contributed by atoms with E-state index < -0.39 is 0 Å². The number of nitrogens with zero attached hydrogens (tertiary/aromatic N) is 4. The van der Waals surface area contributed by atoms with E-state index in [2.05, 4.69) is 41.4 Å². The number of aromatic nitrogens is 2. The summed E-state index contributed by atoms with van der Waals surface area (Å²) in [4.78, 5) is 21.4. The molecule has 0 spiro atoms. The molecule has 6 heteroatoms. The molecular weight excluding hydrogens is 364 g/mol. The van der Waals surface area contributed by atoms with Crippen molar-refractivity contribution >= 4 is 5.91 Å². The summed E-state index contributed by atoms with van der Waals surface area (Å²) in [5.41, 5.74) is 1.32. The highest BCUT2D eigenvalue weighted by atomic mass is 16.5. The quantitative estimate of drug-likeness (QED) is 0.719. The van der Waals surface area contributed by atoms with Crippen molar-refractivity contribution < 1.29 is 9.32 Å². The lowest BCUT2D eigenvalue weighted by molar-refractivity contribution is -0.134. The van der Waals surface area contributed by atoms with Gasteiger partial charge in [-0.2, -0.15) is 4.98 Å². The van der Waals surface area contributed by atoms with Crippen molar-refractivity contribution in [1.82, 2.24) is 19.9 Å². The fourth-order valence-corrected chi connectivity index (χ4v) is 4.49. The second kappa shape index (κ2) is 9.53. The first kappa shape index (κ1) is 20.1. The van der Waals surface area contributed by atoms with Crippen LogP contribution in [-0.4, -0.2) is 59.1 Å². The largest absolute Gasteiger partial charge is 0.342 e. The van der Waals surface area contributed by atoms with E-state index in [0.717, 1.165) is 51.1 Å². The second-order valence-corrected chi connectivity index (χ2v) is 8.66. The molecule has 0 radical (unpaired) electrons. The van der Waals surface area contributed by atoms with E-state index in [4.69, 9.17) is 9.51 Å². The lowest BCUT2D eigenvalue weighted by atomic mass is 9.93. The highest BCUT2D eigenvalue weighted by Gasteiger charge is 2.30. The van der Waals surface area contributed by atoms with Crippen LogP contribution in [0.25, 0.3) is 0 Å². The number of hydrogen-bond acceptors (Lipinski definition) is 5. The van der Waals surface area contributed by atoms with Crippen LogP contribution < -0.4 is 0 Å². The number of piperidine rings is 2. The molecule has 1 amide bonds. The molecule has 0 N–H and O–H groups in total. The molecule has 3 heterocycles. The molecule has 4 rings (SSSR count). The monoisotopic (exact) mass is 396 g/mol. The van der Waals surface area contributed by atoms with Gasteiger partial charge >= 0.3 is 0 Å². The zero-order valence-corrected chi connectivity index (χ0v) is 17.4. The van der Waals surface area contributed by atoms with Crippen molar-refractivity contribution in [1.29, 1.82) is 0 Å². The molecule has 2 fully saturated rings. The molecule has 2 aliphatic rings.